The van der Waals surface area contributed by atoms with Gasteiger partial charge >= 0.3 is 6.09 Å². The minimum absolute atomic E-state index is 0.283. The van der Waals surface area contributed by atoms with Crippen LogP contribution in [0.4, 0.5) is 4.79 Å². The number of carbonyl (C=O) groups excluding carboxylic acids is 1. The number of nitrogens with zero attached hydrogens (tertiary/aromatic N) is 3. The van der Waals surface area contributed by atoms with Crippen LogP contribution in [0.1, 0.15) is 43.2 Å². The van der Waals surface area contributed by atoms with Gasteiger partial charge in [-0.3, -0.25) is 4.90 Å². The maximum absolute atomic E-state index is 11.3. The smallest absolute Gasteiger partial charge is 0.407 e. The van der Waals surface area contributed by atoms with Crippen LogP contribution in [0.3, 0.4) is 0 Å². The van der Waals surface area contributed by atoms with Crippen LogP contribution in [0, 0.1) is 0 Å². The number of likely N-dealkylation sites (tertiary alicyclic amines) is 1. The lowest BCUT2D eigenvalue weighted by Gasteiger charge is -2.38. The highest BCUT2D eigenvalue weighted by Gasteiger charge is 2.43. The van der Waals surface area contributed by atoms with Crippen molar-refractivity contribution in [3.8, 4) is 0 Å². The predicted molar refractivity (Wildman–Crippen MR) is 75.7 cm³/mol. The lowest BCUT2D eigenvalue weighted by Crippen LogP contribution is -2.50. The number of carbonyl (C=O) groups is 1. The quantitative estimate of drug-likeness (QED) is 0.920. The van der Waals surface area contributed by atoms with Crippen molar-refractivity contribution in [1.82, 2.24) is 19.8 Å². The summed E-state index contributed by atoms with van der Waals surface area (Å²) in [6.07, 6.45) is 1.72. The predicted octanol–water partition coefficient (Wildman–Crippen LogP) is 1.74. The molecule has 2 aliphatic rings. The molecular formula is C13H20N4O2S. The second kappa shape index (κ2) is 5.29. The lowest BCUT2D eigenvalue weighted by atomic mass is 9.93. The van der Waals surface area contributed by atoms with Crippen LogP contribution >= 0.6 is 11.5 Å². The average molecular weight is 296 g/mol. The number of alkyl carbamates (subject to hydrolysis) is 1. The van der Waals surface area contributed by atoms with E-state index in [2.05, 4.69) is 33.7 Å². The molecule has 0 radical (unpaired) electrons. The van der Waals surface area contributed by atoms with Gasteiger partial charge in [-0.1, -0.05) is 18.3 Å². The molecule has 2 fully saturated rings. The summed E-state index contributed by atoms with van der Waals surface area (Å²) < 4.78 is 9.57. The number of nitrogens with one attached hydrogen (secondary N) is 1. The summed E-state index contributed by atoms with van der Waals surface area (Å²) in [5, 5.41) is 7.01. The van der Waals surface area contributed by atoms with Crippen LogP contribution in [0.5, 0.6) is 0 Å². The number of hydrogen-bond acceptors (Lipinski definition) is 6. The van der Waals surface area contributed by atoms with E-state index in [0.717, 1.165) is 38.2 Å². The van der Waals surface area contributed by atoms with Crippen LogP contribution in [0.2, 0.25) is 0 Å². The van der Waals surface area contributed by atoms with Gasteiger partial charge in [-0.05, 0) is 36.8 Å². The molecule has 6 nitrogen and oxygen atoms in total. The molecule has 0 saturated carbocycles. The molecule has 2 aliphatic heterocycles. The molecule has 1 amide bonds. The molecule has 1 N–H and O–H groups in total. The van der Waals surface area contributed by atoms with E-state index in [0.29, 0.717) is 12.5 Å². The zero-order valence-corrected chi connectivity index (χ0v) is 12.7. The van der Waals surface area contributed by atoms with Gasteiger partial charge in [0.15, 0.2) is 0 Å². The molecule has 1 aromatic rings. The van der Waals surface area contributed by atoms with Crippen molar-refractivity contribution in [1.29, 1.82) is 0 Å². The third kappa shape index (κ3) is 2.64. The number of ether oxygens (including phenoxy) is 1. The Morgan fingerprint density at radius 3 is 3.10 bits per heavy atom. The molecule has 20 heavy (non-hydrogen) atoms. The number of rotatable bonds is 3. The molecule has 2 saturated heterocycles. The summed E-state index contributed by atoms with van der Waals surface area (Å²) in [6.45, 7) is 7.59. The van der Waals surface area contributed by atoms with E-state index in [-0.39, 0.29) is 11.7 Å². The standard InChI is InChI=1S/C13H20N4O2S/c1-9(2)11-10(20-16-15-11)6-17-5-3-4-13(8-17)7-14-12(18)19-13/h9H,3-8H2,1-2H3,(H,14,18). The topological polar surface area (TPSA) is 67.4 Å². The largest absolute Gasteiger partial charge is 0.440 e. The van der Waals surface area contributed by atoms with Gasteiger partial charge in [0, 0.05) is 13.1 Å². The Bertz CT molecular complexity index is 504. The zero-order valence-electron chi connectivity index (χ0n) is 11.9. The van der Waals surface area contributed by atoms with Crippen LogP contribution in [0.25, 0.3) is 0 Å². The van der Waals surface area contributed by atoms with E-state index in [9.17, 15) is 4.79 Å². The number of aromatic nitrogens is 2. The van der Waals surface area contributed by atoms with Crippen LogP contribution in [-0.4, -0.2) is 45.8 Å². The molecule has 1 atom stereocenters. The van der Waals surface area contributed by atoms with Gasteiger partial charge in [-0.25, -0.2) is 4.79 Å². The monoisotopic (exact) mass is 296 g/mol. The highest BCUT2D eigenvalue weighted by Crippen LogP contribution is 2.30. The Morgan fingerprint density at radius 1 is 1.55 bits per heavy atom. The van der Waals surface area contributed by atoms with Crippen LogP contribution in [-0.2, 0) is 11.3 Å². The Hall–Kier alpha value is -1.21. The highest BCUT2D eigenvalue weighted by atomic mass is 32.1. The summed E-state index contributed by atoms with van der Waals surface area (Å²) in [7, 11) is 0. The van der Waals surface area contributed by atoms with Gasteiger partial charge in [0.05, 0.1) is 17.1 Å². The summed E-state index contributed by atoms with van der Waals surface area (Å²) in [5.41, 5.74) is 0.766. The maximum Gasteiger partial charge on any atom is 0.407 e. The summed E-state index contributed by atoms with van der Waals surface area (Å²) in [4.78, 5) is 14.9. The van der Waals surface area contributed by atoms with Crippen molar-refractivity contribution >= 4 is 17.6 Å². The second-order valence-corrected chi connectivity index (χ2v) is 6.82. The van der Waals surface area contributed by atoms with E-state index in [1.54, 1.807) is 0 Å². The molecule has 1 spiro atoms. The fourth-order valence-corrected chi connectivity index (χ4v) is 3.86. The molecule has 7 heteroatoms. The number of hydrogen-bond donors (Lipinski definition) is 1. The SMILES string of the molecule is CC(C)c1nnsc1CN1CCCC2(CNC(=O)O2)C1. The van der Waals surface area contributed by atoms with Crippen LogP contribution in [0.15, 0.2) is 0 Å². The van der Waals surface area contributed by atoms with E-state index in [1.165, 1.54) is 16.4 Å². The number of piperidine rings is 1. The minimum atomic E-state index is -0.328. The van der Waals surface area contributed by atoms with Gasteiger partial charge in [-0.15, -0.1) is 5.10 Å². The summed E-state index contributed by atoms with van der Waals surface area (Å²) in [5.74, 6) is 0.397. The summed E-state index contributed by atoms with van der Waals surface area (Å²) >= 11 is 1.48. The Kier molecular flexibility index (Phi) is 3.64. The van der Waals surface area contributed by atoms with Crippen LogP contribution < -0.4 is 5.32 Å². The third-order valence-electron chi connectivity index (χ3n) is 3.98. The average Bonchev–Trinajstić information content (AvgIpc) is 2.97. The van der Waals surface area contributed by atoms with Gasteiger partial charge in [0.25, 0.3) is 0 Å². The maximum atomic E-state index is 11.3. The first-order chi connectivity index (χ1) is 9.58. The van der Waals surface area contributed by atoms with E-state index in [4.69, 9.17) is 4.74 Å². The molecule has 0 bridgehead atoms. The zero-order chi connectivity index (χ0) is 14.2. The number of amides is 1. The molecule has 1 unspecified atom stereocenters. The first-order valence-corrected chi connectivity index (χ1v) is 7.86. The third-order valence-corrected chi connectivity index (χ3v) is 4.70. The van der Waals surface area contributed by atoms with Crippen molar-refractivity contribution in [2.45, 2.75) is 44.8 Å². The minimum Gasteiger partial charge on any atom is -0.440 e. The van der Waals surface area contributed by atoms with Gasteiger partial charge in [0.2, 0.25) is 0 Å². The molecule has 0 aromatic carbocycles. The normalized spacial score (nSPS) is 27.1. The molecule has 3 heterocycles. The van der Waals surface area contributed by atoms with Crippen molar-refractivity contribution < 1.29 is 9.53 Å². The lowest BCUT2D eigenvalue weighted by molar-refractivity contribution is -0.0109. The van der Waals surface area contributed by atoms with E-state index in [1.807, 2.05) is 0 Å². The van der Waals surface area contributed by atoms with Gasteiger partial charge in [-0.2, -0.15) is 0 Å². The fraction of sp³-hybridized carbons (Fsp3) is 0.769. The van der Waals surface area contributed by atoms with E-state index < -0.39 is 0 Å². The first-order valence-electron chi connectivity index (χ1n) is 7.08. The Balaban J connectivity index is 1.68. The molecule has 3 rings (SSSR count). The summed E-state index contributed by atoms with van der Waals surface area (Å²) in [6, 6.07) is 0. The molecule has 0 aliphatic carbocycles. The van der Waals surface area contributed by atoms with Gasteiger partial charge in [0.1, 0.15) is 5.60 Å². The van der Waals surface area contributed by atoms with Crippen molar-refractivity contribution in [3.63, 3.8) is 0 Å². The fourth-order valence-electron chi connectivity index (χ4n) is 3.02. The molecule has 1 aromatic heterocycles. The van der Waals surface area contributed by atoms with Gasteiger partial charge < -0.3 is 10.1 Å². The molecular weight excluding hydrogens is 276 g/mol. The Morgan fingerprint density at radius 2 is 2.40 bits per heavy atom. The van der Waals surface area contributed by atoms with Crippen molar-refractivity contribution in [2.75, 3.05) is 19.6 Å². The second-order valence-electron chi connectivity index (χ2n) is 5.98. The van der Waals surface area contributed by atoms with Crippen molar-refractivity contribution in [2.24, 2.45) is 0 Å². The first kappa shape index (κ1) is 13.8. The highest BCUT2D eigenvalue weighted by molar-refractivity contribution is 7.05. The van der Waals surface area contributed by atoms with Crippen molar-refractivity contribution in [3.05, 3.63) is 10.6 Å². The molecule has 110 valence electrons. The van der Waals surface area contributed by atoms with E-state index >= 15 is 0 Å². The Labute approximate surface area is 122 Å².